The lowest BCUT2D eigenvalue weighted by atomic mass is 10.2. The number of nitrogens with zero attached hydrogens (tertiary/aromatic N) is 1. The first-order valence-electron chi connectivity index (χ1n) is 9.94. The van der Waals surface area contributed by atoms with E-state index in [1.54, 1.807) is 68.9 Å². The van der Waals surface area contributed by atoms with E-state index in [1.165, 1.54) is 12.1 Å². The molecular formula is C23H29FN2O4S. The van der Waals surface area contributed by atoms with E-state index in [0.29, 0.717) is 23.4 Å². The minimum atomic E-state index is -0.852. The lowest BCUT2D eigenvalue weighted by Gasteiger charge is -2.28. The predicted octanol–water partition coefficient (Wildman–Crippen LogP) is 4.94. The predicted molar refractivity (Wildman–Crippen MR) is 121 cm³/mol. The Morgan fingerprint density at radius 2 is 1.84 bits per heavy atom. The molecule has 0 saturated heterocycles. The number of alkyl carbamates (subject to hydrolysis) is 1. The van der Waals surface area contributed by atoms with E-state index in [1.807, 2.05) is 12.3 Å². The third-order valence-corrected chi connectivity index (χ3v) is 4.68. The lowest BCUT2D eigenvalue weighted by molar-refractivity contribution is -0.128. The molecule has 2 rings (SSSR count). The number of thioether (sulfide) groups is 1. The summed E-state index contributed by atoms with van der Waals surface area (Å²) in [6.45, 7) is 5.25. The first kappa shape index (κ1) is 24.7. The van der Waals surface area contributed by atoms with Crippen LogP contribution in [0.15, 0.2) is 54.6 Å². The van der Waals surface area contributed by atoms with Gasteiger partial charge in [-0.25, -0.2) is 9.18 Å². The molecule has 0 spiro atoms. The van der Waals surface area contributed by atoms with Crippen LogP contribution in [0.3, 0.4) is 0 Å². The van der Waals surface area contributed by atoms with Crippen molar-refractivity contribution in [3.63, 3.8) is 0 Å². The Balaban J connectivity index is 2.23. The molecule has 0 radical (unpaired) electrons. The van der Waals surface area contributed by atoms with Gasteiger partial charge in [0.05, 0.1) is 5.69 Å². The van der Waals surface area contributed by atoms with Crippen LogP contribution in [0.5, 0.6) is 0 Å². The average Bonchev–Trinajstić information content (AvgIpc) is 2.70. The van der Waals surface area contributed by atoms with Crippen LogP contribution in [0.25, 0.3) is 0 Å². The van der Waals surface area contributed by atoms with Crippen molar-refractivity contribution in [3.05, 3.63) is 66.0 Å². The molecule has 1 unspecified atom stereocenters. The number of amides is 2. The fourth-order valence-corrected chi connectivity index (χ4v) is 3.15. The fraction of sp³-hybridized carbons (Fsp3) is 0.391. The Morgan fingerprint density at radius 3 is 2.45 bits per heavy atom. The fourth-order valence-electron chi connectivity index (χ4n) is 2.68. The molecule has 0 fully saturated rings. The Labute approximate surface area is 187 Å². The second-order valence-corrected chi connectivity index (χ2v) is 8.84. The number of nitrogens with one attached hydrogen (secondary N) is 1. The molecule has 31 heavy (non-hydrogen) atoms. The zero-order valence-corrected chi connectivity index (χ0v) is 19.1. The van der Waals surface area contributed by atoms with Gasteiger partial charge in [-0.05, 0) is 69.0 Å². The minimum absolute atomic E-state index is 0.0138. The summed E-state index contributed by atoms with van der Waals surface area (Å²) >= 11 is 1.56. The summed E-state index contributed by atoms with van der Waals surface area (Å²) in [5, 5.41) is 3.81. The number of carbonyl (C=O) groups excluding carboxylic acids is 2. The van der Waals surface area contributed by atoms with Gasteiger partial charge in [-0.15, -0.1) is 0 Å². The summed E-state index contributed by atoms with van der Waals surface area (Å²) in [5.41, 5.74) is 0.392. The minimum Gasteiger partial charge on any atom is -0.444 e. The van der Waals surface area contributed by atoms with Gasteiger partial charge in [0.1, 0.15) is 24.1 Å². The number of carbonyl (C=O) groups is 2. The van der Waals surface area contributed by atoms with E-state index >= 15 is 0 Å². The van der Waals surface area contributed by atoms with Gasteiger partial charge in [0.25, 0.3) is 5.91 Å². The van der Waals surface area contributed by atoms with Crippen LogP contribution in [0.4, 0.5) is 14.9 Å². The van der Waals surface area contributed by atoms with Crippen LogP contribution < -0.4 is 10.4 Å². The molecule has 0 aliphatic rings. The van der Waals surface area contributed by atoms with Crippen molar-refractivity contribution < 1.29 is 23.6 Å². The Hall–Kier alpha value is -2.58. The van der Waals surface area contributed by atoms with Crippen molar-refractivity contribution in [1.82, 2.24) is 5.32 Å². The van der Waals surface area contributed by atoms with E-state index in [4.69, 9.17) is 9.57 Å². The highest BCUT2D eigenvalue weighted by atomic mass is 32.2. The second kappa shape index (κ2) is 11.7. The highest BCUT2D eigenvalue weighted by molar-refractivity contribution is 7.98. The first-order chi connectivity index (χ1) is 14.7. The average molecular weight is 449 g/mol. The summed E-state index contributed by atoms with van der Waals surface area (Å²) in [7, 11) is 0. The molecule has 0 saturated carbocycles. The van der Waals surface area contributed by atoms with Crippen LogP contribution in [0.1, 0.15) is 32.8 Å². The van der Waals surface area contributed by atoms with Crippen molar-refractivity contribution >= 4 is 29.4 Å². The molecule has 2 aromatic carbocycles. The molecule has 0 bridgehead atoms. The van der Waals surface area contributed by atoms with Gasteiger partial charge in [-0.1, -0.05) is 30.3 Å². The highest BCUT2D eigenvalue weighted by Crippen LogP contribution is 2.19. The van der Waals surface area contributed by atoms with Crippen LogP contribution in [-0.4, -0.2) is 35.7 Å². The van der Waals surface area contributed by atoms with Crippen molar-refractivity contribution in [2.24, 2.45) is 0 Å². The van der Waals surface area contributed by atoms with E-state index in [9.17, 15) is 14.0 Å². The molecule has 6 nitrogen and oxygen atoms in total. The van der Waals surface area contributed by atoms with Crippen molar-refractivity contribution in [1.29, 1.82) is 0 Å². The highest BCUT2D eigenvalue weighted by Gasteiger charge is 2.29. The van der Waals surface area contributed by atoms with Gasteiger partial charge in [-0.2, -0.15) is 16.8 Å². The summed E-state index contributed by atoms with van der Waals surface area (Å²) < 4.78 is 18.8. The maximum absolute atomic E-state index is 13.5. The number of hydrogen-bond acceptors (Lipinski definition) is 5. The summed E-state index contributed by atoms with van der Waals surface area (Å²) in [6, 6.07) is 13.9. The number of hydrogen-bond donors (Lipinski definition) is 1. The second-order valence-electron chi connectivity index (χ2n) is 7.85. The third-order valence-electron chi connectivity index (χ3n) is 4.04. The number of benzene rings is 2. The van der Waals surface area contributed by atoms with Crippen molar-refractivity contribution in [2.45, 2.75) is 45.4 Å². The number of ether oxygens (including phenoxy) is 1. The molecule has 0 heterocycles. The van der Waals surface area contributed by atoms with Crippen LogP contribution in [0.2, 0.25) is 0 Å². The first-order valence-corrected chi connectivity index (χ1v) is 11.3. The number of rotatable bonds is 9. The van der Waals surface area contributed by atoms with E-state index in [0.717, 1.165) is 5.06 Å². The molecule has 1 atom stereocenters. The van der Waals surface area contributed by atoms with Gasteiger partial charge >= 0.3 is 6.09 Å². The zero-order chi connectivity index (χ0) is 22.9. The molecule has 2 aromatic rings. The number of halogens is 1. The smallest absolute Gasteiger partial charge is 0.408 e. The topological polar surface area (TPSA) is 67.9 Å². The summed E-state index contributed by atoms with van der Waals surface area (Å²) in [6.07, 6.45) is 1.64. The maximum Gasteiger partial charge on any atom is 0.408 e. The maximum atomic E-state index is 13.5. The molecule has 0 aliphatic heterocycles. The lowest BCUT2D eigenvalue weighted by Crippen LogP contribution is -2.50. The zero-order valence-electron chi connectivity index (χ0n) is 18.3. The number of anilines is 1. The monoisotopic (exact) mass is 448 g/mol. The summed E-state index contributed by atoms with van der Waals surface area (Å²) in [5.74, 6) is -0.177. The Bertz CT molecular complexity index is 858. The van der Waals surface area contributed by atoms with Gasteiger partial charge < -0.3 is 10.1 Å². The molecule has 168 valence electrons. The molecule has 0 aromatic heterocycles. The SMILES string of the molecule is CSCCC(NC(=O)OC(C)(C)C)C(=O)N(OCc1cccc(F)c1)c1ccccc1. The molecule has 0 aliphatic carbocycles. The normalized spacial score (nSPS) is 12.2. The van der Waals surface area contributed by atoms with Gasteiger partial charge in [0.2, 0.25) is 0 Å². The van der Waals surface area contributed by atoms with Crippen LogP contribution in [-0.2, 0) is 21.0 Å². The number of hydroxylamine groups is 1. The van der Waals surface area contributed by atoms with Gasteiger partial charge in [-0.3, -0.25) is 9.63 Å². The largest absolute Gasteiger partial charge is 0.444 e. The van der Waals surface area contributed by atoms with Gasteiger partial charge in [0.15, 0.2) is 0 Å². The van der Waals surface area contributed by atoms with E-state index < -0.39 is 23.6 Å². The number of para-hydroxylation sites is 1. The third kappa shape index (κ3) is 8.59. The quantitative estimate of drug-likeness (QED) is 0.551. The van der Waals surface area contributed by atoms with Crippen LogP contribution in [0, 0.1) is 5.82 Å². The standard InChI is InChI=1S/C23H29FN2O4S/c1-23(2,3)30-22(28)25-20(13-14-31-4)21(27)26(19-11-6-5-7-12-19)29-16-17-9-8-10-18(24)15-17/h5-12,15,20H,13-14,16H2,1-4H3,(H,25,28). The summed E-state index contributed by atoms with van der Waals surface area (Å²) in [4.78, 5) is 31.5. The molecular weight excluding hydrogens is 419 g/mol. The molecule has 8 heteroatoms. The Morgan fingerprint density at radius 1 is 1.13 bits per heavy atom. The Kier molecular flexibility index (Phi) is 9.33. The van der Waals surface area contributed by atoms with Gasteiger partial charge in [0, 0.05) is 0 Å². The molecule has 2 amide bonds. The van der Waals surface area contributed by atoms with Crippen LogP contribution >= 0.6 is 11.8 Å². The van der Waals surface area contributed by atoms with E-state index in [-0.39, 0.29) is 12.4 Å². The van der Waals surface area contributed by atoms with Crippen molar-refractivity contribution in [2.75, 3.05) is 17.1 Å². The van der Waals surface area contributed by atoms with Crippen molar-refractivity contribution in [3.8, 4) is 0 Å². The molecule has 1 N–H and O–H groups in total. The van der Waals surface area contributed by atoms with E-state index in [2.05, 4.69) is 5.32 Å².